The molecule has 56 heavy (non-hydrogen) atoms. The summed E-state index contributed by atoms with van der Waals surface area (Å²) in [7, 11) is 3.83. The van der Waals surface area contributed by atoms with Crippen molar-refractivity contribution >= 4 is 41.8 Å². The van der Waals surface area contributed by atoms with Crippen molar-refractivity contribution in [2.45, 2.75) is 72.5 Å². The lowest BCUT2D eigenvalue weighted by atomic mass is 9.93. The zero-order valence-corrected chi connectivity index (χ0v) is 34.3. The Labute approximate surface area is 337 Å². The van der Waals surface area contributed by atoms with Crippen LogP contribution in [0, 0.1) is 13.8 Å². The summed E-state index contributed by atoms with van der Waals surface area (Å²) in [4.78, 5) is 32.7. The number of nitrogens with two attached hydrogens (primary N) is 1. The minimum absolute atomic E-state index is 0.0361. The number of para-hydroxylation sites is 1. The number of aryl methyl sites for hydroxylation is 1. The second-order valence-electron chi connectivity index (χ2n) is 14.7. The molecule has 0 bridgehead atoms. The molecule has 6 aromatic rings. The van der Waals surface area contributed by atoms with Crippen molar-refractivity contribution in [1.29, 1.82) is 0 Å². The topological polar surface area (TPSA) is 88.5 Å². The molecule has 3 N–H and O–H groups in total. The van der Waals surface area contributed by atoms with E-state index in [0.717, 1.165) is 46.0 Å². The van der Waals surface area contributed by atoms with Crippen LogP contribution >= 0.6 is 12.8 Å². The minimum Gasteiger partial charge on any atom is -0.385 e. The summed E-state index contributed by atoms with van der Waals surface area (Å²) < 4.78 is 6.78. The Bertz CT molecular complexity index is 2290. The predicted octanol–water partition coefficient (Wildman–Crippen LogP) is 9.76. The number of benzene rings is 4. The monoisotopic (exact) mass is 766 g/mol. The SMILES string of the molecule is CCCCc1ccccc1.Cc1c(N(C(=O)c2cc(-c3ccc(CNS)cc3C(=O)N3Cc4ccccc4CC3C)n(C)c2C)c2ccccc2)cc(N)n1C. The Morgan fingerprint density at radius 1 is 0.804 bits per heavy atom. The maximum absolute atomic E-state index is 14.6. The summed E-state index contributed by atoms with van der Waals surface area (Å²) >= 11 is 4.21. The quantitative estimate of drug-likeness (QED) is 0.121. The highest BCUT2D eigenvalue weighted by Crippen LogP contribution is 2.37. The smallest absolute Gasteiger partial charge is 0.264 e. The molecule has 0 radical (unpaired) electrons. The summed E-state index contributed by atoms with van der Waals surface area (Å²) in [5.74, 6) is 0.357. The highest BCUT2D eigenvalue weighted by molar-refractivity contribution is 7.78. The lowest BCUT2D eigenvalue weighted by Crippen LogP contribution is -2.42. The Hall–Kier alpha value is -5.51. The molecule has 0 fully saturated rings. The molecular weight excluding hydrogens is 713 g/mol. The van der Waals surface area contributed by atoms with Gasteiger partial charge >= 0.3 is 0 Å². The van der Waals surface area contributed by atoms with Crippen LogP contribution in [0.15, 0.2) is 115 Å². The van der Waals surface area contributed by atoms with Crippen LogP contribution in [-0.2, 0) is 40.0 Å². The number of carbonyl (C=O) groups excluding carboxylic acids is 2. The first-order chi connectivity index (χ1) is 27.0. The van der Waals surface area contributed by atoms with Crippen molar-refractivity contribution in [3.63, 3.8) is 0 Å². The van der Waals surface area contributed by atoms with Gasteiger partial charge in [-0.15, -0.1) is 0 Å². The normalized spacial score (nSPS) is 13.5. The van der Waals surface area contributed by atoms with E-state index in [1.54, 1.807) is 4.90 Å². The van der Waals surface area contributed by atoms with E-state index in [0.29, 0.717) is 30.0 Å². The number of amides is 2. The first-order valence-electron chi connectivity index (χ1n) is 19.4. The van der Waals surface area contributed by atoms with Crippen molar-refractivity contribution in [3.05, 3.63) is 160 Å². The van der Waals surface area contributed by atoms with Gasteiger partial charge in [0.1, 0.15) is 5.82 Å². The lowest BCUT2D eigenvalue weighted by Gasteiger charge is -2.35. The van der Waals surface area contributed by atoms with E-state index in [1.807, 2.05) is 109 Å². The molecule has 1 aliphatic rings. The average Bonchev–Trinajstić information content (AvgIpc) is 3.65. The molecule has 7 rings (SSSR count). The Kier molecular flexibility index (Phi) is 12.9. The molecular formula is C47H54N6O2S. The minimum atomic E-state index is -0.177. The maximum atomic E-state index is 14.6. The number of nitrogens with zero attached hydrogens (tertiary/aromatic N) is 4. The average molecular weight is 767 g/mol. The molecule has 0 saturated heterocycles. The fourth-order valence-electron chi connectivity index (χ4n) is 7.49. The van der Waals surface area contributed by atoms with Crippen molar-refractivity contribution in [1.82, 2.24) is 18.8 Å². The number of fused-ring (bicyclic) bond motifs is 1. The fourth-order valence-corrected chi connectivity index (χ4v) is 7.68. The molecule has 3 heterocycles. The van der Waals surface area contributed by atoms with Gasteiger partial charge in [-0.1, -0.05) is 111 Å². The first-order valence-corrected chi connectivity index (χ1v) is 19.9. The van der Waals surface area contributed by atoms with Crippen molar-refractivity contribution in [2.24, 2.45) is 14.1 Å². The van der Waals surface area contributed by atoms with Gasteiger partial charge in [-0.2, -0.15) is 0 Å². The maximum Gasteiger partial charge on any atom is 0.264 e. The number of nitrogens with one attached hydrogen (secondary N) is 1. The van der Waals surface area contributed by atoms with Crippen LogP contribution in [0.4, 0.5) is 17.2 Å². The third kappa shape index (κ3) is 8.49. The number of rotatable bonds is 10. The second kappa shape index (κ2) is 18.0. The number of anilines is 3. The number of carbonyl (C=O) groups is 2. The molecule has 1 unspecified atom stereocenters. The van der Waals surface area contributed by atoms with Gasteiger partial charge in [-0.05, 0) is 86.6 Å². The van der Waals surface area contributed by atoms with Crippen molar-refractivity contribution in [2.75, 3.05) is 10.6 Å². The van der Waals surface area contributed by atoms with E-state index in [4.69, 9.17) is 5.73 Å². The molecule has 4 aromatic carbocycles. The Balaban J connectivity index is 0.000000463. The van der Waals surface area contributed by atoms with Crippen LogP contribution in [0.1, 0.15) is 81.0 Å². The largest absolute Gasteiger partial charge is 0.385 e. The van der Waals surface area contributed by atoms with Gasteiger partial charge in [0, 0.05) is 73.2 Å². The molecule has 8 nitrogen and oxygen atoms in total. The summed E-state index contributed by atoms with van der Waals surface area (Å²) in [5, 5.41) is 0. The van der Waals surface area contributed by atoms with E-state index < -0.39 is 0 Å². The van der Waals surface area contributed by atoms with Crippen LogP contribution in [-0.4, -0.2) is 31.9 Å². The number of unbranched alkanes of at least 4 members (excludes halogenated alkanes) is 1. The van der Waals surface area contributed by atoms with Crippen LogP contribution in [0.2, 0.25) is 0 Å². The second-order valence-corrected chi connectivity index (χ2v) is 15.0. The molecule has 2 aromatic heterocycles. The zero-order chi connectivity index (χ0) is 39.9. The van der Waals surface area contributed by atoms with Gasteiger partial charge in [-0.25, -0.2) is 0 Å². The van der Waals surface area contributed by atoms with E-state index in [2.05, 4.69) is 79.9 Å². The third-order valence-electron chi connectivity index (χ3n) is 11.1. The molecule has 2 amide bonds. The van der Waals surface area contributed by atoms with Crippen LogP contribution in [0.3, 0.4) is 0 Å². The number of aromatic nitrogens is 2. The number of thiol groups is 1. The van der Waals surface area contributed by atoms with Gasteiger partial charge in [-0.3, -0.25) is 19.2 Å². The van der Waals surface area contributed by atoms with Crippen LogP contribution < -0.4 is 15.4 Å². The molecule has 1 aliphatic heterocycles. The van der Waals surface area contributed by atoms with Gasteiger partial charge < -0.3 is 19.8 Å². The summed E-state index contributed by atoms with van der Waals surface area (Å²) in [5.41, 5.74) is 17.0. The molecule has 0 spiro atoms. The summed E-state index contributed by atoms with van der Waals surface area (Å²) in [6.07, 6.45) is 4.63. The van der Waals surface area contributed by atoms with Crippen LogP contribution in [0.25, 0.3) is 11.3 Å². The van der Waals surface area contributed by atoms with E-state index in [1.165, 1.54) is 36.0 Å². The summed E-state index contributed by atoms with van der Waals surface area (Å²) in [6, 6.07) is 38.3. The third-order valence-corrected chi connectivity index (χ3v) is 11.2. The standard InChI is InChI=1S/C37H40N6O2S.C10H14/c1-23-17-27-11-9-10-12-28(27)22-42(23)36(44)32-18-26(21-39-46)15-16-30(32)34-19-31(24(2)40(34)4)37(45)43(29-13-7-6-8-14-29)33-20-35(38)41(5)25(33)3;1-2-3-7-10-8-5-4-6-9-10/h6-16,18-20,23,39,46H,17,21-22,38H2,1-5H3;4-6,8-9H,2-3,7H2,1H3. The van der Waals surface area contributed by atoms with E-state index >= 15 is 0 Å². The van der Waals surface area contributed by atoms with E-state index in [9.17, 15) is 9.59 Å². The molecule has 0 aliphatic carbocycles. The molecule has 290 valence electrons. The van der Waals surface area contributed by atoms with Crippen molar-refractivity contribution in [3.8, 4) is 11.3 Å². The van der Waals surface area contributed by atoms with Crippen molar-refractivity contribution < 1.29 is 9.59 Å². The molecule has 9 heteroatoms. The number of nitrogen functional groups attached to an aromatic ring is 1. The highest BCUT2D eigenvalue weighted by Gasteiger charge is 2.31. The van der Waals surface area contributed by atoms with Gasteiger partial charge in [0.25, 0.3) is 11.8 Å². The van der Waals surface area contributed by atoms with E-state index in [-0.39, 0.29) is 17.9 Å². The summed E-state index contributed by atoms with van der Waals surface area (Å²) in [6.45, 7) is 9.28. The Morgan fingerprint density at radius 3 is 2.11 bits per heavy atom. The van der Waals surface area contributed by atoms with Gasteiger partial charge in [0.2, 0.25) is 0 Å². The lowest BCUT2D eigenvalue weighted by molar-refractivity contribution is 0.0658. The molecule has 1 atom stereocenters. The number of hydrogen-bond donors (Lipinski definition) is 3. The van der Waals surface area contributed by atoms with Crippen LogP contribution in [0.5, 0.6) is 0 Å². The zero-order valence-electron chi connectivity index (χ0n) is 33.4. The fraction of sp³-hybridized carbons (Fsp3) is 0.277. The van der Waals surface area contributed by atoms with Gasteiger partial charge in [0.05, 0.1) is 11.3 Å². The van der Waals surface area contributed by atoms with Gasteiger partial charge in [0.15, 0.2) is 0 Å². The highest BCUT2D eigenvalue weighted by atomic mass is 32.1. The Morgan fingerprint density at radius 2 is 1.46 bits per heavy atom. The number of hydrogen-bond acceptors (Lipinski definition) is 5. The molecule has 0 saturated carbocycles. The first kappa shape index (κ1) is 40.2. The predicted molar refractivity (Wildman–Crippen MR) is 233 cm³/mol.